The Balaban J connectivity index is 1.69. The van der Waals surface area contributed by atoms with E-state index >= 15 is 0 Å². The monoisotopic (exact) mass is 362 g/mol. The fourth-order valence-corrected chi connectivity index (χ4v) is 3.51. The molecular formula is C19H30N4O3. The van der Waals surface area contributed by atoms with E-state index in [-0.39, 0.29) is 24.5 Å². The SMILES string of the molecule is Cc1nc(C2CCCN(C(=O)COC(C)C)C2)cc(N2CCOCC2)n1. The van der Waals surface area contributed by atoms with Crippen molar-refractivity contribution in [1.82, 2.24) is 14.9 Å². The van der Waals surface area contributed by atoms with Gasteiger partial charge in [-0.1, -0.05) is 0 Å². The zero-order valence-electron chi connectivity index (χ0n) is 16.1. The number of hydrogen-bond acceptors (Lipinski definition) is 6. The first kappa shape index (κ1) is 19.0. The number of rotatable bonds is 5. The van der Waals surface area contributed by atoms with Crippen LogP contribution in [-0.4, -0.2) is 72.9 Å². The van der Waals surface area contributed by atoms with Crippen LogP contribution in [0.15, 0.2) is 6.07 Å². The minimum absolute atomic E-state index is 0.0696. The minimum Gasteiger partial charge on any atom is -0.378 e. The highest BCUT2D eigenvalue weighted by atomic mass is 16.5. The summed E-state index contributed by atoms with van der Waals surface area (Å²) in [5.74, 6) is 2.09. The molecule has 7 nitrogen and oxygen atoms in total. The van der Waals surface area contributed by atoms with Gasteiger partial charge in [-0.3, -0.25) is 4.79 Å². The minimum atomic E-state index is 0.0696. The molecule has 1 unspecified atom stereocenters. The van der Waals surface area contributed by atoms with Gasteiger partial charge in [0.1, 0.15) is 18.2 Å². The number of morpholine rings is 1. The highest BCUT2D eigenvalue weighted by Crippen LogP contribution is 2.28. The Hall–Kier alpha value is -1.73. The normalized spacial score (nSPS) is 21.3. The Morgan fingerprint density at radius 3 is 2.81 bits per heavy atom. The second-order valence-electron chi connectivity index (χ2n) is 7.34. The third kappa shape index (κ3) is 4.92. The van der Waals surface area contributed by atoms with E-state index in [0.717, 1.165) is 63.0 Å². The van der Waals surface area contributed by atoms with Crippen LogP contribution < -0.4 is 4.90 Å². The molecule has 26 heavy (non-hydrogen) atoms. The lowest BCUT2D eigenvalue weighted by atomic mass is 9.94. The highest BCUT2D eigenvalue weighted by molar-refractivity contribution is 5.77. The number of amides is 1. The molecule has 1 aromatic rings. The lowest BCUT2D eigenvalue weighted by molar-refractivity contribution is -0.138. The molecule has 2 fully saturated rings. The molecule has 1 atom stereocenters. The van der Waals surface area contributed by atoms with E-state index in [2.05, 4.69) is 20.9 Å². The van der Waals surface area contributed by atoms with Crippen LogP contribution in [0.1, 0.15) is 44.1 Å². The van der Waals surface area contributed by atoms with Gasteiger partial charge in [0.15, 0.2) is 0 Å². The molecule has 2 aliphatic heterocycles. The Morgan fingerprint density at radius 2 is 2.08 bits per heavy atom. The van der Waals surface area contributed by atoms with Crippen LogP contribution in [0.2, 0.25) is 0 Å². The number of aromatic nitrogens is 2. The first-order chi connectivity index (χ1) is 12.5. The van der Waals surface area contributed by atoms with Crippen LogP contribution in [-0.2, 0) is 14.3 Å². The van der Waals surface area contributed by atoms with Crippen LogP contribution in [0, 0.1) is 6.92 Å². The Bertz CT molecular complexity index is 617. The first-order valence-corrected chi connectivity index (χ1v) is 9.60. The molecule has 0 N–H and O–H groups in total. The van der Waals surface area contributed by atoms with Gasteiger partial charge in [0.25, 0.3) is 0 Å². The number of ether oxygens (including phenoxy) is 2. The number of carbonyl (C=O) groups is 1. The number of aryl methyl sites for hydroxylation is 1. The van der Waals surface area contributed by atoms with Gasteiger partial charge in [0, 0.05) is 38.2 Å². The predicted molar refractivity (Wildman–Crippen MR) is 99.4 cm³/mol. The second-order valence-corrected chi connectivity index (χ2v) is 7.34. The molecule has 0 bridgehead atoms. The molecule has 0 spiro atoms. The number of anilines is 1. The topological polar surface area (TPSA) is 67.8 Å². The van der Waals surface area contributed by atoms with Gasteiger partial charge >= 0.3 is 0 Å². The fraction of sp³-hybridized carbons (Fsp3) is 0.737. The smallest absolute Gasteiger partial charge is 0.248 e. The van der Waals surface area contributed by atoms with Crippen LogP contribution in [0.5, 0.6) is 0 Å². The van der Waals surface area contributed by atoms with E-state index in [1.807, 2.05) is 25.7 Å². The maximum Gasteiger partial charge on any atom is 0.248 e. The van der Waals surface area contributed by atoms with E-state index in [4.69, 9.17) is 9.47 Å². The summed E-state index contributed by atoms with van der Waals surface area (Å²) in [5.41, 5.74) is 1.04. The maximum absolute atomic E-state index is 12.4. The van der Waals surface area contributed by atoms with Crippen molar-refractivity contribution in [3.05, 3.63) is 17.6 Å². The molecule has 7 heteroatoms. The summed E-state index contributed by atoms with van der Waals surface area (Å²) in [4.78, 5) is 25.9. The molecule has 1 aromatic heterocycles. The van der Waals surface area contributed by atoms with Crippen molar-refractivity contribution in [2.75, 3.05) is 50.9 Å². The number of nitrogens with zero attached hydrogens (tertiary/aromatic N) is 4. The Labute approximate surface area is 155 Å². The van der Waals surface area contributed by atoms with Crippen LogP contribution >= 0.6 is 0 Å². The second kappa shape index (κ2) is 8.77. The quantitative estimate of drug-likeness (QED) is 0.795. The molecule has 1 amide bonds. The molecule has 144 valence electrons. The standard InChI is InChI=1S/C19H30N4O3/c1-14(2)26-13-19(24)23-6-4-5-16(12-23)17-11-18(21-15(3)20-17)22-7-9-25-10-8-22/h11,14,16H,4-10,12-13H2,1-3H3. The molecule has 3 rings (SSSR count). The van der Waals surface area contributed by atoms with E-state index in [1.54, 1.807) is 0 Å². The summed E-state index contributed by atoms with van der Waals surface area (Å²) in [7, 11) is 0. The summed E-state index contributed by atoms with van der Waals surface area (Å²) in [6.45, 7) is 10.7. The van der Waals surface area contributed by atoms with Crippen molar-refractivity contribution in [3.8, 4) is 0 Å². The summed E-state index contributed by atoms with van der Waals surface area (Å²) >= 11 is 0. The molecule has 0 aliphatic carbocycles. The summed E-state index contributed by atoms with van der Waals surface area (Å²) in [5, 5.41) is 0. The van der Waals surface area contributed by atoms with Crippen molar-refractivity contribution >= 4 is 11.7 Å². The van der Waals surface area contributed by atoms with E-state index in [1.165, 1.54) is 0 Å². The van der Waals surface area contributed by atoms with Crippen molar-refractivity contribution in [3.63, 3.8) is 0 Å². The van der Waals surface area contributed by atoms with Crippen molar-refractivity contribution < 1.29 is 14.3 Å². The third-order valence-electron chi connectivity index (χ3n) is 4.91. The molecular weight excluding hydrogens is 332 g/mol. The van der Waals surface area contributed by atoms with Crippen LogP contribution in [0.4, 0.5) is 5.82 Å². The molecule has 2 saturated heterocycles. The van der Waals surface area contributed by atoms with E-state index in [0.29, 0.717) is 6.54 Å². The molecule has 3 heterocycles. The fourth-order valence-electron chi connectivity index (χ4n) is 3.51. The van der Waals surface area contributed by atoms with Gasteiger partial charge in [-0.05, 0) is 33.6 Å². The average molecular weight is 362 g/mol. The van der Waals surface area contributed by atoms with Gasteiger partial charge in [0.05, 0.1) is 25.0 Å². The lowest BCUT2D eigenvalue weighted by Gasteiger charge is -2.33. The summed E-state index contributed by atoms with van der Waals surface area (Å²) in [6, 6.07) is 2.10. The predicted octanol–water partition coefficient (Wildman–Crippen LogP) is 1.75. The summed E-state index contributed by atoms with van der Waals surface area (Å²) < 4.78 is 10.9. The molecule has 2 aliphatic rings. The van der Waals surface area contributed by atoms with E-state index in [9.17, 15) is 4.79 Å². The van der Waals surface area contributed by atoms with Gasteiger partial charge in [-0.2, -0.15) is 0 Å². The average Bonchev–Trinajstić information content (AvgIpc) is 2.66. The summed E-state index contributed by atoms with van der Waals surface area (Å²) in [6.07, 6.45) is 2.11. The van der Waals surface area contributed by atoms with Crippen LogP contribution in [0.3, 0.4) is 0 Å². The highest BCUT2D eigenvalue weighted by Gasteiger charge is 2.27. The zero-order chi connectivity index (χ0) is 18.5. The zero-order valence-corrected chi connectivity index (χ0v) is 16.1. The largest absolute Gasteiger partial charge is 0.378 e. The van der Waals surface area contributed by atoms with Gasteiger partial charge in [-0.25, -0.2) is 9.97 Å². The van der Waals surface area contributed by atoms with Gasteiger partial charge in [-0.15, -0.1) is 0 Å². The number of hydrogen-bond donors (Lipinski definition) is 0. The van der Waals surface area contributed by atoms with Crippen molar-refractivity contribution in [2.24, 2.45) is 0 Å². The number of piperidine rings is 1. The molecule has 0 saturated carbocycles. The van der Waals surface area contributed by atoms with Crippen molar-refractivity contribution in [1.29, 1.82) is 0 Å². The Morgan fingerprint density at radius 1 is 1.31 bits per heavy atom. The first-order valence-electron chi connectivity index (χ1n) is 9.60. The van der Waals surface area contributed by atoms with Gasteiger partial charge in [0.2, 0.25) is 5.91 Å². The van der Waals surface area contributed by atoms with Gasteiger partial charge < -0.3 is 19.3 Å². The third-order valence-corrected chi connectivity index (χ3v) is 4.91. The van der Waals surface area contributed by atoms with E-state index < -0.39 is 0 Å². The number of carbonyl (C=O) groups excluding carboxylic acids is 1. The Kier molecular flexibility index (Phi) is 6.43. The molecule has 0 radical (unpaired) electrons. The van der Waals surface area contributed by atoms with Crippen LogP contribution in [0.25, 0.3) is 0 Å². The lowest BCUT2D eigenvalue weighted by Crippen LogP contribution is -2.41. The maximum atomic E-state index is 12.4. The molecule has 0 aromatic carbocycles. The number of likely N-dealkylation sites (tertiary alicyclic amines) is 1. The van der Waals surface area contributed by atoms with Crippen molar-refractivity contribution in [2.45, 2.75) is 45.6 Å².